The summed E-state index contributed by atoms with van der Waals surface area (Å²) in [6.45, 7) is 2.78. The van der Waals surface area contributed by atoms with Crippen molar-refractivity contribution in [1.82, 2.24) is 10.2 Å². The first-order valence-corrected chi connectivity index (χ1v) is 6.73. The summed E-state index contributed by atoms with van der Waals surface area (Å²) in [5.74, 6) is 4.34. The molecule has 2 unspecified atom stereocenters. The monoisotopic (exact) mass is 234 g/mol. The van der Waals surface area contributed by atoms with Crippen LogP contribution in [0.3, 0.4) is 0 Å². The van der Waals surface area contributed by atoms with Crippen molar-refractivity contribution in [2.75, 3.05) is 26.2 Å². The van der Waals surface area contributed by atoms with Crippen LogP contribution in [-0.2, 0) is 4.79 Å². The molecule has 0 radical (unpaired) electrons. The fraction of sp³-hybridized carbons (Fsp3) is 0.786. The Kier molecular flexibility index (Phi) is 4.44. The van der Waals surface area contributed by atoms with E-state index in [1.54, 1.807) is 0 Å². The first kappa shape index (κ1) is 12.4. The van der Waals surface area contributed by atoms with Crippen molar-refractivity contribution in [3.8, 4) is 12.3 Å². The molecule has 0 aromatic heterocycles. The Balaban J connectivity index is 1.79. The Hall–Kier alpha value is -1.01. The van der Waals surface area contributed by atoms with E-state index in [1.165, 1.54) is 32.1 Å². The maximum atomic E-state index is 11.9. The summed E-state index contributed by atoms with van der Waals surface area (Å²) in [7, 11) is 0. The predicted octanol–water partition coefficient (Wildman–Crippen LogP) is 1.25. The Morgan fingerprint density at radius 2 is 2.06 bits per heavy atom. The van der Waals surface area contributed by atoms with Gasteiger partial charge in [0.1, 0.15) is 0 Å². The zero-order chi connectivity index (χ0) is 12.1. The lowest BCUT2D eigenvalue weighted by atomic mass is 9.75. The van der Waals surface area contributed by atoms with Crippen LogP contribution in [0.2, 0.25) is 0 Å². The fourth-order valence-corrected chi connectivity index (χ4v) is 3.18. The lowest BCUT2D eigenvalue weighted by Gasteiger charge is -2.41. The summed E-state index contributed by atoms with van der Waals surface area (Å²) in [5.41, 5.74) is 0. The minimum absolute atomic E-state index is 0.212. The maximum Gasteiger partial charge on any atom is 0.236 e. The number of hydrogen-bond donors (Lipinski definition) is 1. The molecular weight excluding hydrogens is 212 g/mol. The highest BCUT2D eigenvalue weighted by Gasteiger charge is 2.32. The molecule has 0 bridgehead atoms. The number of carbonyl (C=O) groups excluding carboxylic acids is 1. The second-order valence-electron chi connectivity index (χ2n) is 5.24. The van der Waals surface area contributed by atoms with Gasteiger partial charge in [-0.05, 0) is 24.7 Å². The largest absolute Gasteiger partial charge is 0.341 e. The number of fused-ring (bicyclic) bond motifs is 1. The molecule has 2 rings (SSSR count). The van der Waals surface area contributed by atoms with Gasteiger partial charge in [0.25, 0.3) is 0 Å². The van der Waals surface area contributed by atoms with Crippen molar-refractivity contribution in [1.29, 1.82) is 0 Å². The van der Waals surface area contributed by atoms with E-state index in [0.717, 1.165) is 24.9 Å². The van der Waals surface area contributed by atoms with E-state index in [0.29, 0.717) is 13.1 Å². The lowest BCUT2D eigenvalue weighted by Crippen LogP contribution is -2.47. The highest BCUT2D eigenvalue weighted by Crippen LogP contribution is 2.35. The van der Waals surface area contributed by atoms with Gasteiger partial charge in [-0.25, -0.2) is 0 Å². The van der Waals surface area contributed by atoms with Crippen molar-refractivity contribution in [2.45, 2.75) is 32.1 Å². The molecule has 1 heterocycles. The minimum Gasteiger partial charge on any atom is -0.341 e. The summed E-state index contributed by atoms with van der Waals surface area (Å²) < 4.78 is 0. The normalized spacial score (nSPS) is 28.3. The van der Waals surface area contributed by atoms with Crippen LogP contribution in [0.15, 0.2) is 0 Å². The van der Waals surface area contributed by atoms with E-state index in [9.17, 15) is 4.79 Å². The molecule has 94 valence electrons. The van der Waals surface area contributed by atoms with Crippen LogP contribution in [-0.4, -0.2) is 37.0 Å². The van der Waals surface area contributed by atoms with E-state index in [2.05, 4.69) is 11.2 Å². The average molecular weight is 234 g/mol. The molecule has 2 fully saturated rings. The number of piperidine rings is 1. The number of nitrogens with zero attached hydrogens (tertiary/aromatic N) is 1. The van der Waals surface area contributed by atoms with Crippen molar-refractivity contribution in [3.05, 3.63) is 0 Å². The van der Waals surface area contributed by atoms with Crippen LogP contribution >= 0.6 is 0 Å². The highest BCUT2D eigenvalue weighted by molar-refractivity contribution is 5.78. The minimum atomic E-state index is 0.212. The first-order chi connectivity index (χ1) is 8.31. The Morgan fingerprint density at radius 1 is 1.29 bits per heavy atom. The van der Waals surface area contributed by atoms with E-state index in [1.807, 2.05) is 4.90 Å². The van der Waals surface area contributed by atoms with E-state index < -0.39 is 0 Å². The Morgan fingerprint density at radius 3 is 2.82 bits per heavy atom. The number of nitrogens with one attached hydrogen (secondary N) is 1. The SMILES string of the molecule is C#CCNCC(=O)N1CCC2CCCCC2C1. The molecule has 3 heteroatoms. The van der Waals surface area contributed by atoms with Gasteiger partial charge in [-0.1, -0.05) is 25.2 Å². The van der Waals surface area contributed by atoms with E-state index in [-0.39, 0.29) is 5.91 Å². The van der Waals surface area contributed by atoms with Crippen LogP contribution in [0.5, 0.6) is 0 Å². The highest BCUT2D eigenvalue weighted by atomic mass is 16.2. The third-order valence-electron chi connectivity index (χ3n) is 4.15. The van der Waals surface area contributed by atoms with Gasteiger partial charge in [0, 0.05) is 13.1 Å². The number of terminal acetylenes is 1. The second-order valence-corrected chi connectivity index (χ2v) is 5.24. The zero-order valence-electron chi connectivity index (χ0n) is 10.5. The standard InChI is InChI=1S/C14H22N2O/c1-2-8-15-10-14(17)16-9-7-12-5-3-4-6-13(12)11-16/h1,12-13,15H,3-11H2. The van der Waals surface area contributed by atoms with Gasteiger partial charge in [0.15, 0.2) is 0 Å². The first-order valence-electron chi connectivity index (χ1n) is 6.73. The average Bonchev–Trinajstić information content (AvgIpc) is 2.38. The molecule has 3 nitrogen and oxygen atoms in total. The molecule has 1 saturated heterocycles. The number of hydrogen-bond acceptors (Lipinski definition) is 2. The number of amides is 1. The number of rotatable bonds is 3. The van der Waals surface area contributed by atoms with Gasteiger partial charge < -0.3 is 4.90 Å². The van der Waals surface area contributed by atoms with Gasteiger partial charge in [-0.15, -0.1) is 6.42 Å². The Labute approximate surface area is 104 Å². The maximum absolute atomic E-state index is 11.9. The Bertz CT molecular complexity index is 308. The van der Waals surface area contributed by atoms with Crippen molar-refractivity contribution >= 4 is 5.91 Å². The summed E-state index contributed by atoms with van der Waals surface area (Å²) in [4.78, 5) is 14.0. The molecule has 1 aliphatic carbocycles. The van der Waals surface area contributed by atoms with Gasteiger partial charge in [0.05, 0.1) is 13.1 Å². The van der Waals surface area contributed by atoms with Crippen molar-refractivity contribution in [3.63, 3.8) is 0 Å². The fourth-order valence-electron chi connectivity index (χ4n) is 3.18. The smallest absolute Gasteiger partial charge is 0.236 e. The summed E-state index contributed by atoms with van der Waals surface area (Å²) in [6.07, 6.45) is 11.8. The van der Waals surface area contributed by atoms with Gasteiger partial charge >= 0.3 is 0 Å². The van der Waals surface area contributed by atoms with Crippen molar-refractivity contribution in [2.24, 2.45) is 11.8 Å². The van der Waals surface area contributed by atoms with E-state index in [4.69, 9.17) is 6.42 Å². The predicted molar refractivity (Wildman–Crippen MR) is 68.3 cm³/mol. The number of likely N-dealkylation sites (tertiary alicyclic amines) is 1. The molecule has 0 spiro atoms. The van der Waals surface area contributed by atoms with Crippen molar-refractivity contribution < 1.29 is 4.79 Å². The van der Waals surface area contributed by atoms with Gasteiger partial charge in [0.2, 0.25) is 5.91 Å². The number of carbonyl (C=O) groups is 1. The van der Waals surface area contributed by atoms with Crippen LogP contribution < -0.4 is 5.32 Å². The second kappa shape index (κ2) is 6.07. The van der Waals surface area contributed by atoms with E-state index >= 15 is 0 Å². The summed E-state index contributed by atoms with van der Waals surface area (Å²) in [5, 5.41) is 2.98. The zero-order valence-corrected chi connectivity index (χ0v) is 10.5. The third-order valence-corrected chi connectivity index (χ3v) is 4.15. The topological polar surface area (TPSA) is 32.3 Å². The third kappa shape index (κ3) is 3.23. The molecule has 1 saturated carbocycles. The lowest BCUT2D eigenvalue weighted by molar-refractivity contribution is -0.133. The molecule has 17 heavy (non-hydrogen) atoms. The molecule has 2 atom stereocenters. The van der Waals surface area contributed by atoms with Crippen LogP contribution in [0.25, 0.3) is 0 Å². The molecule has 0 aromatic carbocycles. The summed E-state index contributed by atoms with van der Waals surface area (Å²) in [6, 6.07) is 0. The summed E-state index contributed by atoms with van der Waals surface area (Å²) >= 11 is 0. The van der Waals surface area contributed by atoms with Crippen LogP contribution in [0.1, 0.15) is 32.1 Å². The van der Waals surface area contributed by atoms with Gasteiger partial charge in [-0.2, -0.15) is 0 Å². The van der Waals surface area contributed by atoms with Gasteiger partial charge in [-0.3, -0.25) is 10.1 Å². The van der Waals surface area contributed by atoms with Crippen LogP contribution in [0, 0.1) is 24.2 Å². The molecule has 2 aliphatic rings. The molecule has 1 N–H and O–H groups in total. The molecule has 1 amide bonds. The molecule has 0 aromatic rings. The quantitative estimate of drug-likeness (QED) is 0.589. The van der Waals surface area contributed by atoms with Crippen LogP contribution in [0.4, 0.5) is 0 Å². The molecule has 1 aliphatic heterocycles. The molecular formula is C14H22N2O.